The number of hydrogen-bond acceptors (Lipinski definition) is 4. The Morgan fingerprint density at radius 3 is 1.97 bits per heavy atom. The lowest BCUT2D eigenvalue weighted by atomic mass is 9.54. The normalized spacial score (nSPS) is 23.6. The average Bonchev–Trinajstić information content (AvgIpc) is 2.77. The molecule has 4 atom stereocenters. The smallest absolute Gasteiger partial charge is 0.200 e. The molecule has 4 nitrogen and oxygen atoms in total. The number of carbonyl (C=O) groups is 1. The van der Waals surface area contributed by atoms with Crippen LogP contribution >= 0.6 is 0 Å². The van der Waals surface area contributed by atoms with Crippen LogP contribution in [0.25, 0.3) is 0 Å². The molecule has 0 N–H and O–H groups in total. The molecule has 0 spiro atoms. The Morgan fingerprint density at radius 2 is 1.55 bits per heavy atom. The summed E-state index contributed by atoms with van der Waals surface area (Å²) in [5, 5.41) is 0. The second kappa shape index (κ2) is 14.4. The Bertz CT molecular complexity index is 739. The molecule has 5 heteroatoms. The average molecular weight is 553 g/mol. The lowest BCUT2D eigenvalue weighted by Crippen LogP contribution is -2.58. The maximum absolute atomic E-state index is 14.4. The lowest BCUT2D eigenvalue weighted by molar-refractivity contribution is -0.150. The van der Waals surface area contributed by atoms with Crippen LogP contribution in [0.4, 0.5) is 0 Å². The van der Waals surface area contributed by atoms with Crippen LogP contribution < -0.4 is 0 Å². The van der Waals surface area contributed by atoms with E-state index in [0.29, 0.717) is 35.1 Å². The molecule has 0 radical (unpaired) electrons. The molecule has 38 heavy (non-hydrogen) atoms. The first-order valence-corrected chi connectivity index (χ1v) is 17.5. The van der Waals surface area contributed by atoms with E-state index in [2.05, 4.69) is 103 Å². The van der Waals surface area contributed by atoms with Gasteiger partial charge in [-0.2, -0.15) is 0 Å². The summed E-state index contributed by atoms with van der Waals surface area (Å²) >= 11 is 0. The molecule has 0 saturated heterocycles. The van der Waals surface area contributed by atoms with Gasteiger partial charge in [0.05, 0.1) is 11.7 Å². The molecule has 0 aliphatic heterocycles. The third-order valence-corrected chi connectivity index (χ3v) is 15.7. The zero-order chi connectivity index (χ0) is 29.6. The summed E-state index contributed by atoms with van der Waals surface area (Å²) in [7, 11) is -0.500. The Kier molecular flexibility index (Phi) is 13.5. The van der Waals surface area contributed by atoms with Gasteiger partial charge in [-0.1, -0.05) is 80.9 Å². The quantitative estimate of drug-likeness (QED) is 0.115. The van der Waals surface area contributed by atoms with E-state index in [9.17, 15) is 4.79 Å². The lowest BCUT2D eigenvalue weighted by Gasteiger charge is -2.54. The summed E-state index contributed by atoms with van der Waals surface area (Å²) in [6, 6.07) is 0. The van der Waals surface area contributed by atoms with Crippen molar-refractivity contribution in [1.29, 1.82) is 0 Å². The Balaban J connectivity index is 3.57. The summed E-state index contributed by atoms with van der Waals surface area (Å²) in [5.41, 5.74) is 2.33. The fraction of sp³-hybridized carbons (Fsp3) is 0.909. The van der Waals surface area contributed by atoms with Gasteiger partial charge in [0.25, 0.3) is 0 Å². The van der Waals surface area contributed by atoms with Crippen molar-refractivity contribution in [2.45, 2.75) is 151 Å². The highest BCUT2D eigenvalue weighted by Gasteiger charge is 2.56. The Morgan fingerprint density at radius 1 is 1.03 bits per heavy atom. The highest BCUT2D eigenvalue weighted by Crippen LogP contribution is 2.53. The third kappa shape index (κ3) is 8.50. The van der Waals surface area contributed by atoms with Crippen molar-refractivity contribution >= 4 is 14.1 Å². The van der Waals surface area contributed by atoms with Crippen molar-refractivity contribution in [1.82, 2.24) is 0 Å². The first kappa shape index (κ1) is 35.5. The fourth-order valence-corrected chi connectivity index (χ4v) is 13.0. The minimum Gasteiger partial charge on any atom is -0.412 e. The number of allylic oxidation sites excluding steroid dienone is 2. The monoisotopic (exact) mass is 552 g/mol. The second-order valence-electron chi connectivity index (χ2n) is 14.8. The van der Waals surface area contributed by atoms with Crippen molar-refractivity contribution in [2.24, 2.45) is 29.1 Å². The van der Waals surface area contributed by atoms with Gasteiger partial charge in [-0.3, -0.25) is 4.79 Å². The van der Waals surface area contributed by atoms with Crippen LogP contribution in [0.5, 0.6) is 0 Å². The molecular formula is C33H64O4Si. The van der Waals surface area contributed by atoms with Crippen LogP contribution in [0.15, 0.2) is 11.6 Å². The van der Waals surface area contributed by atoms with Crippen LogP contribution in [0, 0.1) is 29.1 Å². The number of Topliss-reactive ketones (excluding diaryl/α,β-unsaturated/α-hetero) is 1. The zero-order valence-electron chi connectivity index (χ0n) is 27.9. The maximum atomic E-state index is 14.4. The van der Waals surface area contributed by atoms with E-state index in [4.69, 9.17) is 13.9 Å². The molecule has 1 aliphatic rings. The van der Waals surface area contributed by atoms with E-state index < -0.39 is 8.32 Å². The Labute approximate surface area is 238 Å². The van der Waals surface area contributed by atoms with E-state index in [0.717, 1.165) is 25.7 Å². The number of carbonyl (C=O) groups excluding carboxylic acids is 1. The molecule has 0 aromatic rings. The summed E-state index contributed by atoms with van der Waals surface area (Å²) in [4.78, 5) is 14.4. The third-order valence-electron chi connectivity index (χ3n) is 9.64. The SMILES string of the molecule is COCOC(C)(C)CC[C@H]1C[C@@H](CC=C(C)C)C(=O)[C@@H]([C@H](O[Si](C(C)C)(C(C)C)C(C)C)C(C)C)C1(C)C. The van der Waals surface area contributed by atoms with E-state index in [1.807, 2.05) is 0 Å². The van der Waals surface area contributed by atoms with Crippen LogP contribution in [-0.2, 0) is 18.7 Å². The first-order valence-electron chi connectivity index (χ1n) is 15.3. The van der Waals surface area contributed by atoms with Crippen molar-refractivity contribution in [3.05, 3.63) is 11.6 Å². The summed E-state index contributed by atoms with van der Waals surface area (Å²) in [6.45, 7) is 32.2. The molecule has 0 heterocycles. The standard InChI is InChI=1S/C33H64O4Si/c1-22(2)16-17-27-20-28(18-19-32(11,12)36-21-35-15)33(13,14)29(30(27)34)31(23(3)4)37-38(24(5)6,25(7)8)26(9)10/h16,23-29,31H,17-21H2,1-15H3/t27-,28+,29+,31-/m1/s1. The van der Waals surface area contributed by atoms with Crippen molar-refractivity contribution < 1.29 is 18.7 Å². The fourth-order valence-electron chi connectivity index (χ4n) is 7.35. The summed E-state index contributed by atoms with van der Waals surface area (Å²) in [5.74, 6) is 1.06. The van der Waals surface area contributed by atoms with Gasteiger partial charge in [0.15, 0.2) is 0 Å². The highest BCUT2D eigenvalue weighted by atomic mass is 28.4. The molecule has 0 unspecified atom stereocenters. The van der Waals surface area contributed by atoms with Gasteiger partial charge >= 0.3 is 0 Å². The topological polar surface area (TPSA) is 44.8 Å². The van der Waals surface area contributed by atoms with Gasteiger partial charge in [0, 0.05) is 18.9 Å². The number of hydrogen-bond donors (Lipinski definition) is 0. The molecule has 1 aliphatic carbocycles. The molecular weight excluding hydrogens is 488 g/mol. The second-order valence-corrected chi connectivity index (χ2v) is 20.2. The van der Waals surface area contributed by atoms with E-state index in [-0.39, 0.29) is 34.9 Å². The number of ether oxygens (including phenoxy) is 2. The Hall–Kier alpha value is -0.493. The molecule has 1 fully saturated rings. The predicted octanol–water partition coefficient (Wildman–Crippen LogP) is 9.59. The minimum atomic E-state index is -2.17. The number of rotatable bonds is 15. The van der Waals surface area contributed by atoms with Crippen molar-refractivity contribution in [3.63, 3.8) is 0 Å². The van der Waals surface area contributed by atoms with E-state index >= 15 is 0 Å². The van der Waals surface area contributed by atoms with Crippen LogP contribution in [0.3, 0.4) is 0 Å². The molecule has 1 rings (SSSR count). The highest BCUT2D eigenvalue weighted by molar-refractivity contribution is 6.77. The first-order chi connectivity index (χ1) is 17.3. The zero-order valence-corrected chi connectivity index (χ0v) is 28.9. The van der Waals surface area contributed by atoms with Gasteiger partial charge in [-0.15, -0.1) is 0 Å². The largest absolute Gasteiger partial charge is 0.412 e. The molecule has 0 amide bonds. The molecule has 0 aromatic heterocycles. The van der Waals surface area contributed by atoms with Gasteiger partial charge in [0.2, 0.25) is 8.32 Å². The van der Waals surface area contributed by atoms with Gasteiger partial charge in [0.1, 0.15) is 12.6 Å². The summed E-state index contributed by atoms with van der Waals surface area (Å²) < 4.78 is 18.7. The summed E-state index contributed by atoms with van der Waals surface area (Å²) in [6.07, 6.45) is 5.95. The maximum Gasteiger partial charge on any atom is 0.200 e. The van der Waals surface area contributed by atoms with Crippen LogP contribution in [0.1, 0.15) is 123 Å². The minimum absolute atomic E-state index is 0.0500. The number of methoxy groups -OCH3 is 1. The van der Waals surface area contributed by atoms with Gasteiger partial charge in [-0.25, -0.2) is 0 Å². The molecule has 1 saturated carbocycles. The van der Waals surface area contributed by atoms with E-state index in [1.54, 1.807) is 7.11 Å². The molecule has 224 valence electrons. The molecule has 0 aromatic carbocycles. The van der Waals surface area contributed by atoms with Crippen LogP contribution in [0.2, 0.25) is 16.6 Å². The molecule has 0 bridgehead atoms. The predicted molar refractivity (Wildman–Crippen MR) is 165 cm³/mol. The number of ketones is 1. The van der Waals surface area contributed by atoms with Crippen molar-refractivity contribution in [3.8, 4) is 0 Å². The van der Waals surface area contributed by atoms with Crippen molar-refractivity contribution in [2.75, 3.05) is 13.9 Å². The van der Waals surface area contributed by atoms with Crippen LogP contribution in [-0.4, -0.2) is 39.7 Å². The van der Waals surface area contributed by atoms with Gasteiger partial charge < -0.3 is 13.9 Å². The van der Waals surface area contributed by atoms with E-state index in [1.165, 1.54) is 5.57 Å². The van der Waals surface area contributed by atoms with Gasteiger partial charge in [-0.05, 0) is 87.3 Å².